The SMILES string of the molecule is COC(=O)C1=C(C)N(c2cccc(C)c2)C(=O)/C1=C/c1ccc(CN(Cc2ccc(C)cc2)S(=O)(=O)c2ccc(Cl)cc2)o1. The molecular weight excluding hydrogens is 600 g/mol. The van der Waals surface area contributed by atoms with Crippen LogP contribution in [0.3, 0.4) is 0 Å². The number of allylic oxidation sites excluding steroid dienone is 1. The van der Waals surface area contributed by atoms with Crippen molar-refractivity contribution in [2.75, 3.05) is 12.0 Å². The molecule has 0 radical (unpaired) electrons. The number of aryl methyl sites for hydroxylation is 2. The van der Waals surface area contributed by atoms with E-state index < -0.39 is 21.9 Å². The van der Waals surface area contributed by atoms with Gasteiger partial charge in [0, 0.05) is 23.0 Å². The third-order valence-electron chi connectivity index (χ3n) is 7.28. The molecule has 0 saturated carbocycles. The third-order valence-corrected chi connectivity index (χ3v) is 9.34. The van der Waals surface area contributed by atoms with E-state index in [0.717, 1.165) is 16.7 Å². The molecule has 0 atom stereocenters. The van der Waals surface area contributed by atoms with E-state index in [9.17, 15) is 18.0 Å². The highest BCUT2D eigenvalue weighted by Crippen LogP contribution is 2.36. The van der Waals surface area contributed by atoms with Crippen molar-refractivity contribution in [2.24, 2.45) is 0 Å². The Morgan fingerprint density at radius 1 is 0.932 bits per heavy atom. The zero-order valence-electron chi connectivity index (χ0n) is 24.7. The summed E-state index contributed by atoms with van der Waals surface area (Å²) >= 11 is 6.01. The predicted octanol–water partition coefficient (Wildman–Crippen LogP) is 6.82. The highest BCUT2D eigenvalue weighted by molar-refractivity contribution is 7.89. The quantitative estimate of drug-likeness (QED) is 0.149. The number of methoxy groups -OCH3 is 1. The zero-order chi connectivity index (χ0) is 31.6. The summed E-state index contributed by atoms with van der Waals surface area (Å²) in [6.07, 6.45) is 1.48. The zero-order valence-corrected chi connectivity index (χ0v) is 26.3. The van der Waals surface area contributed by atoms with Crippen LogP contribution in [0.2, 0.25) is 5.02 Å². The lowest BCUT2D eigenvalue weighted by Gasteiger charge is -2.21. The van der Waals surface area contributed by atoms with Gasteiger partial charge in [0.25, 0.3) is 5.91 Å². The fourth-order valence-electron chi connectivity index (χ4n) is 5.01. The second kappa shape index (κ2) is 12.7. The van der Waals surface area contributed by atoms with Gasteiger partial charge in [-0.05, 0) is 86.5 Å². The largest absolute Gasteiger partial charge is 0.465 e. The van der Waals surface area contributed by atoms with Crippen LogP contribution < -0.4 is 4.90 Å². The van der Waals surface area contributed by atoms with Gasteiger partial charge in [-0.15, -0.1) is 0 Å². The van der Waals surface area contributed by atoms with Gasteiger partial charge in [-0.1, -0.05) is 53.6 Å². The highest BCUT2D eigenvalue weighted by atomic mass is 35.5. The van der Waals surface area contributed by atoms with Crippen molar-refractivity contribution in [1.29, 1.82) is 0 Å². The number of carbonyl (C=O) groups excluding carboxylic acids is 2. The van der Waals surface area contributed by atoms with Gasteiger partial charge >= 0.3 is 5.97 Å². The number of hydrogen-bond donors (Lipinski definition) is 0. The van der Waals surface area contributed by atoms with Crippen molar-refractivity contribution in [3.63, 3.8) is 0 Å². The van der Waals surface area contributed by atoms with E-state index in [4.69, 9.17) is 20.8 Å². The molecule has 226 valence electrons. The summed E-state index contributed by atoms with van der Waals surface area (Å²) in [6.45, 7) is 5.58. The molecule has 0 bridgehead atoms. The lowest BCUT2D eigenvalue weighted by Crippen LogP contribution is -2.30. The number of nitrogens with zero attached hydrogens (tertiary/aromatic N) is 2. The number of rotatable bonds is 9. The molecule has 4 aromatic rings. The van der Waals surface area contributed by atoms with Crippen LogP contribution >= 0.6 is 11.6 Å². The number of ether oxygens (including phenoxy) is 1. The molecule has 2 heterocycles. The van der Waals surface area contributed by atoms with E-state index in [1.807, 2.05) is 56.3 Å². The number of amides is 1. The number of anilines is 1. The van der Waals surface area contributed by atoms with E-state index in [2.05, 4.69) is 0 Å². The van der Waals surface area contributed by atoms with Gasteiger partial charge in [-0.2, -0.15) is 4.31 Å². The Labute approximate surface area is 261 Å². The van der Waals surface area contributed by atoms with Crippen LogP contribution in [0.15, 0.2) is 111 Å². The van der Waals surface area contributed by atoms with Crippen LogP contribution in [-0.4, -0.2) is 31.7 Å². The second-order valence-corrected chi connectivity index (χ2v) is 12.9. The minimum atomic E-state index is -3.95. The number of carbonyl (C=O) groups is 2. The number of halogens is 1. The molecule has 0 unspecified atom stereocenters. The molecule has 0 fully saturated rings. The Bertz CT molecular complexity index is 1890. The van der Waals surface area contributed by atoms with Crippen molar-refractivity contribution in [2.45, 2.75) is 38.8 Å². The first-order valence-electron chi connectivity index (χ1n) is 13.8. The topological polar surface area (TPSA) is 97.1 Å². The predicted molar refractivity (Wildman–Crippen MR) is 169 cm³/mol. The van der Waals surface area contributed by atoms with Gasteiger partial charge in [0.05, 0.1) is 29.7 Å². The molecule has 0 aliphatic carbocycles. The van der Waals surface area contributed by atoms with E-state index in [0.29, 0.717) is 22.2 Å². The van der Waals surface area contributed by atoms with Crippen LogP contribution in [-0.2, 0) is 37.4 Å². The average Bonchev–Trinajstić information content (AvgIpc) is 3.54. The molecule has 5 rings (SSSR count). The molecule has 0 spiro atoms. The third kappa shape index (κ3) is 6.40. The standard InChI is InChI=1S/C34H31ClN2O6S/c1-22-8-10-25(11-9-22)20-36(44(40,41)30-16-12-26(35)13-17-30)21-29-15-14-28(43-29)19-31-32(34(39)42-4)24(3)37(33(31)38)27-7-5-6-23(2)18-27/h5-19H,20-21H2,1-4H3/b31-19+. The number of benzene rings is 3. The number of furan rings is 1. The van der Waals surface area contributed by atoms with Crippen molar-refractivity contribution in [3.05, 3.63) is 135 Å². The Hall–Kier alpha value is -4.44. The maximum absolute atomic E-state index is 13.8. The Kier molecular flexibility index (Phi) is 8.92. The maximum Gasteiger partial charge on any atom is 0.340 e. The molecule has 8 nitrogen and oxygen atoms in total. The minimum absolute atomic E-state index is 0.0793. The van der Waals surface area contributed by atoms with Gasteiger partial charge < -0.3 is 9.15 Å². The molecule has 1 amide bonds. The lowest BCUT2D eigenvalue weighted by molar-refractivity contribution is -0.136. The first-order chi connectivity index (χ1) is 21.0. The summed E-state index contributed by atoms with van der Waals surface area (Å²) in [7, 11) is -2.69. The molecule has 3 aromatic carbocycles. The van der Waals surface area contributed by atoms with Gasteiger partial charge in [-0.25, -0.2) is 13.2 Å². The highest BCUT2D eigenvalue weighted by Gasteiger charge is 2.38. The van der Waals surface area contributed by atoms with Gasteiger partial charge in [-0.3, -0.25) is 9.69 Å². The first-order valence-corrected chi connectivity index (χ1v) is 15.6. The Morgan fingerprint density at radius 2 is 1.64 bits per heavy atom. The smallest absolute Gasteiger partial charge is 0.340 e. The molecule has 44 heavy (non-hydrogen) atoms. The van der Waals surface area contributed by atoms with E-state index in [1.165, 1.54) is 46.7 Å². The van der Waals surface area contributed by atoms with E-state index in [-0.39, 0.29) is 34.9 Å². The molecule has 10 heteroatoms. The first kappa shape index (κ1) is 31.0. The maximum atomic E-state index is 13.8. The monoisotopic (exact) mass is 630 g/mol. The van der Waals surface area contributed by atoms with Crippen LogP contribution in [0.1, 0.15) is 35.1 Å². The fourth-order valence-corrected chi connectivity index (χ4v) is 6.53. The molecule has 1 aliphatic heterocycles. The summed E-state index contributed by atoms with van der Waals surface area (Å²) in [5.74, 6) is -0.425. The molecule has 1 aromatic heterocycles. The van der Waals surface area contributed by atoms with Crippen molar-refractivity contribution in [1.82, 2.24) is 4.31 Å². The van der Waals surface area contributed by atoms with Gasteiger partial charge in [0.15, 0.2) is 0 Å². The van der Waals surface area contributed by atoms with Gasteiger partial charge in [0.1, 0.15) is 11.5 Å². The number of sulfonamides is 1. The normalized spacial score (nSPS) is 14.6. The van der Waals surface area contributed by atoms with Crippen LogP contribution in [0.5, 0.6) is 0 Å². The van der Waals surface area contributed by atoms with Crippen molar-refractivity contribution < 1.29 is 27.2 Å². The molecule has 0 N–H and O–H groups in total. The molecular formula is C34H31ClN2O6S. The molecule has 0 saturated heterocycles. The van der Waals surface area contributed by atoms with Crippen LogP contribution in [0.25, 0.3) is 6.08 Å². The van der Waals surface area contributed by atoms with Gasteiger partial charge in [0.2, 0.25) is 10.0 Å². The summed E-state index contributed by atoms with van der Waals surface area (Å²) in [6, 6.07) is 24.3. The summed E-state index contributed by atoms with van der Waals surface area (Å²) in [5, 5.41) is 0.427. The Balaban J connectivity index is 1.48. The molecule has 1 aliphatic rings. The van der Waals surface area contributed by atoms with E-state index >= 15 is 0 Å². The van der Waals surface area contributed by atoms with Crippen LogP contribution in [0.4, 0.5) is 5.69 Å². The second-order valence-electron chi connectivity index (χ2n) is 10.5. The summed E-state index contributed by atoms with van der Waals surface area (Å²) in [4.78, 5) is 28.0. The van der Waals surface area contributed by atoms with Crippen molar-refractivity contribution in [3.8, 4) is 0 Å². The number of hydrogen-bond acceptors (Lipinski definition) is 6. The summed E-state index contributed by atoms with van der Waals surface area (Å²) in [5.41, 5.74) is 4.12. The van der Waals surface area contributed by atoms with Crippen LogP contribution in [0, 0.1) is 13.8 Å². The van der Waals surface area contributed by atoms with E-state index in [1.54, 1.807) is 25.1 Å². The average molecular weight is 631 g/mol. The lowest BCUT2D eigenvalue weighted by atomic mass is 10.1. The number of esters is 1. The van der Waals surface area contributed by atoms with Crippen molar-refractivity contribution >= 4 is 45.3 Å². The minimum Gasteiger partial charge on any atom is -0.465 e. The fraction of sp³-hybridized carbons (Fsp3) is 0.176. The summed E-state index contributed by atoms with van der Waals surface area (Å²) < 4.78 is 39.9. The Morgan fingerprint density at radius 3 is 2.30 bits per heavy atom.